The molecule has 2 aromatic carbocycles. The number of anilines is 1. The van der Waals surface area contributed by atoms with Gasteiger partial charge in [0.2, 0.25) is 5.91 Å². The van der Waals surface area contributed by atoms with Crippen LogP contribution in [0.5, 0.6) is 11.5 Å². The fourth-order valence-corrected chi connectivity index (χ4v) is 2.64. The van der Waals surface area contributed by atoms with Crippen LogP contribution in [0, 0.1) is 6.92 Å². The number of benzene rings is 2. The van der Waals surface area contributed by atoms with Crippen LogP contribution in [0.4, 0.5) is 5.69 Å². The van der Waals surface area contributed by atoms with E-state index >= 15 is 0 Å². The van der Waals surface area contributed by atoms with Crippen molar-refractivity contribution in [3.63, 3.8) is 0 Å². The van der Waals surface area contributed by atoms with E-state index in [1.807, 2.05) is 39.0 Å². The Morgan fingerprint density at radius 2 is 1.66 bits per heavy atom. The second kappa shape index (κ2) is 11.7. The van der Waals surface area contributed by atoms with Gasteiger partial charge in [-0.15, -0.1) is 0 Å². The Labute approximate surface area is 172 Å². The molecule has 0 unspecified atom stereocenters. The van der Waals surface area contributed by atoms with Gasteiger partial charge in [-0.3, -0.25) is 9.59 Å². The van der Waals surface area contributed by atoms with E-state index in [1.54, 1.807) is 24.3 Å². The smallest absolute Gasteiger partial charge is 0.251 e. The molecule has 0 radical (unpaired) electrons. The molecule has 0 saturated heterocycles. The Morgan fingerprint density at radius 3 is 2.34 bits per heavy atom. The molecule has 0 aromatic heterocycles. The number of rotatable bonds is 11. The van der Waals surface area contributed by atoms with Crippen LogP contribution in [0.1, 0.15) is 49.0 Å². The summed E-state index contributed by atoms with van der Waals surface area (Å²) >= 11 is 0. The molecule has 29 heavy (non-hydrogen) atoms. The van der Waals surface area contributed by atoms with Gasteiger partial charge in [-0.05, 0) is 44.0 Å². The number of carbonyl (C=O) groups is 2. The summed E-state index contributed by atoms with van der Waals surface area (Å²) in [5.41, 5.74) is 2.24. The van der Waals surface area contributed by atoms with E-state index in [4.69, 9.17) is 9.47 Å². The average molecular weight is 399 g/mol. The Hall–Kier alpha value is -3.02. The number of ether oxygens (including phenoxy) is 2. The summed E-state index contributed by atoms with van der Waals surface area (Å²) in [6, 6.07) is 12.7. The topological polar surface area (TPSA) is 76.7 Å². The molecule has 0 fully saturated rings. The fourth-order valence-electron chi connectivity index (χ4n) is 2.64. The predicted molar refractivity (Wildman–Crippen MR) is 115 cm³/mol. The van der Waals surface area contributed by atoms with E-state index < -0.39 is 0 Å². The van der Waals surface area contributed by atoms with Crippen molar-refractivity contribution >= 4 is 17.5 Å². The minimum absolute atomic E-state index is 0.177. The van der Waals surface area contributed by atoms with E-state index in [9.17, 15) is 9.59 Å². The molecule has 0 aliphatic rings. The van der Waals surface area contributed by atoms with Gasteiger partial charge in [0, 0.05) is 30.3 Å². The number of carbonyl (C=O) groups excluding carboxylic acids is 2. The number of nitrogens with one attached hydrogen (secondary N) is 2. The molecule has 6 nitrogen and oxygen atoms in total. The van der Waals surface area contributed by atoms with E-state index in [1.165, 1.54) is 0 Å². The van der Waals surface area contributed by atoms with E-state index in [-0.39, 0.29) is 24.8 Å². The van der Waals surface area contributed by atoms with Gasteiger partial charge >= 0.3 is 0 Å². The first-order chi connectivity index (χ1) is 14.0. The second-order valence-electron chi connectivity index (χ2n) is 6.78. The molecule has 0 saturated carbocycles. The molecule has 2 aromatic rings. The maximum absolute atomic E-state index is 12.2. The number of amides is 2. The Kier molecular flexibility index (Phi) is 9.02. The molecule has 0 bridgehead atoms. The summed E-state index contributed by atoms with van der Waals surface area (Å²) in [6.45, 7) is 7.44. The average Bonchev–Trinajstić information content (AvgIpc) is 2.71. The normalized spacial score (nSPS) is 10.3. The highest BCUT2D eigenvalue weighted by molar-refractivity contribution is 5.95. The van der Waals surface area contributed by atoms with E-state index in [2.05, 4.69) is 10.6 Å². The third-order valence-electron chi connectivity index (χ3n) is 4.07. The maximum atomic E-state index is 12.2. The van der Waals surface area contributed by atoms with Gasteiger partial charge in [0.25, 0.3) is 5.91 Å². The van der Waals surface area contributed by atoms with Gasteiger partial charge in [-0.25, -0.2) is 0 Å². The standard InChI is InChI=1S/C23H30N2O4/c1-4-13-28-20-10-9-19(16-21(20)29-14-5-2)25-22(26)11-12-24-23(27)18-8-6-7-17(3)15-18/h6-10,15-16H,4-5,11-14H2,1-3H3,(H,24,27)(H,25,26). The predicted octanol–water partition coefficient (Wildman–Crippen LogP) is 4.33. The zero-order chi connectivity index (χ0) is 21.1. The van der Waals surface area contributed by atoms with Crippen molar-refractivity contribution in [3.8, 4) is 11.5 Å². The number of aryl methyl sites for hydroxylation is 1. The fraction of sp³-hybridized carbons (Fsp3) is 0.391. The molecule has 0 heterocycles. The highest BCUT2D eigenvalue weighted by Gasteiger charge is 2.10. The molecule has 156 valence electrons. The second-order valence-corrected chi connectivity index (χ2v) is 6.78. The third-order valence-corrected chi connectivity index (χ3v) is 4.07. The van der Waals surface area contributed by atoms with Gasteiger partial charge < -0.3 is 20.1 Å². The van der Waals surface area contributed by atoms with Crippen LogP contribution in [0.2, 0.25) is 0 Å². The number of hydrogen-bond acceptors (Lipinski definition) is 4. The number of hydrogen-bond donors (Lipinski definition) is 2. The first-order valence-electron chi connectivity index (χ1n) is 10.1. The summed E-state index contributed by atoms with van der Waals surface area (Å²) < 4.78 is 11.4. The van der Waals surface area contributed by atoms with Crippen LogP contribution < -0.4 is 20.1 Å². The van der Waals surface area contributed by atoms with Crippen molar-refractivity contribution in [1.29, 1.82) is 0 Å². The first-order valence-corrected chi connectivity index (χ1v) is 10.1. The van der Waals surface area contributed by atoms with Crippen LogP contribution in [0.3, 0.4) is 0 Å². The lowest BCUT2D eigenvalue weighted by Crippen LogP contribution is -2.27. The highest BCUT2D eigenvalue weighted by atomic mass is 16.5. The third kappa shape index (κ3) is 7.49. The molecule has 2 N–H and O–H groups in total. The van der Waals surface area contributed by atoms with Crippen molar-refractivity contribution in [1.82, 2.24) is 5.32 Å². The molecular formula is C23H30N2O4. The lowest BCUT2D eigenvalue weighted by Gasteiger charge is -2.14. The lowest BCUT2D eigenvalue weighted by atomic mass is 10.1. The lowest BCUT2D eigenvalue weighted by molar-refractivity contribution is -0.116. The van der Waals surface area contributed by atoms with Gasteiger partial charge in [0.15, 0.2) is 11.5 Å². The highest BCUT2D eigenvalue weighted by Crippen LogP contribution is 2.31. The van der Waals surface area contributed by atoms with Gasteiger partial charge in [-0.2, -0.15) is 0 Å². The zero-order valence-electron chi connectivity index (χ0n) is 17.4. The van der Waals surface area contributed by atoms with Crippen LogP contribution in [0.15, 0.2) is 42.5 Å². The van der Waals surface area contributed by atoms with Crippen molar-refractivity contribution in [2.45, 2.75) is 40.0 Å². The molecule has 0 atom stereocenters. The molecule has 0 spiro atoms. The molecule has 0 aliphatic heterocycles. The first kappa shape index (κ1) is 22.3. The summed E-state index contributed by atoms with van der Waals surface area (Å²) in [4.78, 5) is 24.4. The summed E-state index contributed by atoms with van der Waals surface area (Å²) in [6.07, 6.45) is 1.96. The van der Waals surface area contributed by atoms with Gasteiger partial charge in [-0.1, -0.05) is 31.5 Å². The molecule has 0 aliphatic carbocycles. The Balaban J connectivity index is 1.88. The Bertz CT molecular complexity index is 820. The minimum atomic E-state index is -0.186. The van der Waals surface area contributed by atoms with Crippen molar-refractivity contribution in [2.75, 3.05) is 25.1 Å². The maximum Gasteiger partial charge on any atom is 0.251 e. The minimum Gasteiger partial charge on any atom is -0.490 e. The van der Waals surface area contributed by atoms with Crippen molar-refractivity contribution < 1.29 is 19.1 Å². The van der Waals surface area contributed by atoms with Crippen LogP contribution in [-0.2, 0) is 4.79 Å². The van der Waals surface area contributed by atoms with Gasteiger partial charge in [0.1, 0.15) is 0 Å². The van der Waals surface area contributed by atoms with Gasteiger partial charge in [0.05, 0.1) is 13.2 Å². The van der Waals surface area contributed by atoms with Crippen LogP contribution >= 0.6 is 0 Å². The Morgan fingerprint density at radius 1 is 0.931 bits per heavy atom. The summed E-state index contributed by atoms with van der Waals surface area (Å²) in [7, 11) is 0. The summed E-state index contributed by atoms with van der Waals surface area (Å²) in [5.74, 6) is 0.918. The monoisotopic (exact) mass is 398 g/mol. The van der Waals surface area contributed by atoms with Crippen LogP contribution in [0.25, 0.3) is 0 Å². The van der Waals surface area contributed by atoms with E-state index in [0.29, 0.717) is 36.0 Å². The van der Waals surface area contributed by atoms with Crippen molar-refractivity contribution in [3.05, 3.63) is 53.6 Å². The SMILES string of the molecule is CCCOc1ccc(NC(=O)CCNC(=O)c2cccc(C)c2)cc1OCCC. The molecule has 2 amide bonds. The van der Waals surface area contributed by atoms with Crippen LogP contribution in [-0.4, -0.2) is 31.6 Å². The van der Waals surface area contributed by atoms with Crippen molar-refractivity contribution in [2.24, 2.45) is 0 Å². The van der Waals surface area contributed by atoms with E-state index in [0.717, 1.165) is 18.4 Å². The molecule has 2 rings (SSSR count). The largest absolute Gasteiger partial charge is 0.490 e. The molecule has 6 heteroatoms. The quantitative estimate of drug-likeness (QED) is 0.591. The molecular weight excluding hydrogens is 368 g/mol. The summed E-state index contributed by atoms with van der Waals surface area (Å²) in [5, 5.41) is 5.61. The zero-order valence-corrected chi connectivity index (χ0v) is 17.4.